The molecule has 12 heteroatoms. The number of alkyl halides is 1. The lowest BCUT2D eigenvalue weighted by atomic mass is 10.0. The zero-order valence-electron chi connectivity index (χ0n) is 20.6. The van der Waals surface area contributed by atoms with Crippen molar-refractivity contribution >= 4 is 45.9 Å². The van der Waals surface area contributed by atoms with E-state index < -0.39 is 5.82 Å². The molecule has 1 fully saturated rings. The molecule has 1 saturated heterocycles. The SMILES string of the molecule is CC(I)NC(=O)Nc1ccc(-c2nc3c(c(N4CCOCC4C)n2)CCN(c2ncncc2F)C3)cc1. The number of urea groups is 1. The number of nitrogens with one attached hydrogen (secondary N) is 2. The topological polar surface area (TPSA) is 108 Å². The minimum Gasteiger partial charge on any atom is -0.377 e. The molecule has 0 spiro atoms. The minimum absolute atomic E-state index is 0.0113. The second-order valence-corrected chi connectivity index (χ2v) is 10.9. The van der Waals surface area contributed by atoms with Crippen molar-refractivity contribution in [1.82, 2.24) is 25.3 Å². The second-order valence-electron chi connectivity index (χ2n) is 9.07. The second kappa shape index (κ2) is 11.1. The first-order valence-electron chi connectivity index (χ1n) is 12.2. The summed E-state index contributed by atoms with van der Waals surface area (Å²) in [5.41, 5.74) is 3.42. The molecular formula is C25H28FIN8O2. The Labute approximate surface area is 228 Å². The predicted octanol–water partition coefficient (Wildman–Crippen LogP) is 3.76. The van der Waals surface area contributed by atoms with Crippen LogP contribution in [0.4, 0.5) is 26.5 Å². The first kappa shape index (κ1) is 25.5. The largest absolute Gasteiger partial charge is 0.377 e. The number of nitrogens with zero attached hydrogens (tertiary/aromatic N) is 6. The number of ether oxygens (including phenoxy) is 1. The molecule has 4 heterocycles. The fourth-order valence-corrected chi connectivity index (χ4v) is 4.87. The van der Waals surface area contributed by atoms with Crippen LogP contribution in [0, 0.1) is 5.82 Å². The van der Waals surface area contributed by atoms with E-state index in [-0.39, 0.29) is 21.9 Å². The minimum atomic E-state index is -0.452. The van der Waals surface area contributed by atoms with Gasteiger partial charge in [-0.15, -0.1) is 0 Å². The molecule has 2 atom stereocenters. The molecule has 2 N–H and O–H groups in total. The third kappa shape index (κ3) is 5.74. The normalized spacial score (nSPS) is 18.2. The standard InChI is InChI=1S/C25H28FIN8O2/c1-15-13-37-10-9-35(15)23-19-7-8-34(24-20(26)11-28-14-29-24)12-21(19)32-22(33-23)17-3-5-18(6-4-17)31-25(36)30-16(2)27/h3-6,11,14-16H,7-10,12-13H2,1-2H3,(H2,30,31,36). The highest BCUT2D eigenvalue weighted by Crippen LogP contribution is 2.33. The number of rotatable bonds is 5. The van der Waals surface area contributed by atoms with Crippen molar-refractivity contribution in [3.05, 3.63) is 53.9 Å². The quantitative estimate of drug-likeness (QED) is 0.253. The van der Waals surface area contributed by atoms with Crippen molar-refractivity contribution in [1.29, 1.82) is 0 Å². The fourth-order valence-electron chi connectivity index (χ4n) is 4.59. The molecule has 37 heavy (non-hydrogen) atoms. The number of fused-ring (bicyclic) bond motifs is 1. The Morgan fingerprint density at radius 1 is 1.22 bits per heavy atom. The first-order chi connectivity index (χ1) is 17.9. The molecule has 0 aliphatic carbocycles. The van der Waals surface area contributed by atoms with Crippen LogP contribution in [0.2, 0.25) is 0 Å². The van der Waals surface area contributed by atoms with Gasteiger partial charge in [0.05, 0.1) is 41.7 Å². The summed E-state index contributed by atoms with van der Waals surface area (Å²) < 4.78 is 20.1. The number of aromatic nitrogens is 4. The Hall–Kier alpha value is -3.13. The van der Waals surface area contributed by atoms with Gasteiger partial charge in [0.15, 0.2) is 17.5 Å². The van der Waals surface area contributed by atoms with E-state index in [0.29, 0.717) is 44.2 Å². The van der Waals surface area contributed by atoms with Gasteiger partial charge in [-0.3, -0.25) is 0 Å². The smallest absolute Gasteiger partial charge is 0.320 e. The van der Waals surface area contributed by atoms with Gasteiger partial charge in [-0.1, -0.05) is 22.6 Å². The number of benzene rings is 1. The van der Waals surface area contributed by atoms with Crippen LogP contribution in [0.1, 0.15) is 25.1 Å². The summed E-state index contributed by atoms with van der Waals surface area (Å²) in [5.74, 6) is 1.30. The lowest BCUT2D eigenvalue weighted by Gasteiger charge is -2.38. The molecule has 194 valence electrons. The number of anilines is 3. The number of hydrogen-bond donors (Lipinski definition) is 2. The van der Waals surface area contributed by atoms with Gasteiger partial charge in [0, 0.05) is 29.9 Å². The van der Waals surface area contributed by atoms with Crippen LogP contribution in [-0.2, 0) is 17.7 Å². The van der Waals surface area contributed by atoms with Gasteiger partial charge in [-0.2, -0.15) is 0 Å². The zero-order chi connectivity index (χ0) is 25.9. The van der Waals surface area contributed by atoms with E-state index in [1.807, 2.05) is 36.1 Å². The van der Waals surface area contributed by atoms with Crippen LogP contribution in [-0.4, -0.2) is 62.4 Å². The van der Waals surface area contributed by atoms with Crippen molar-refractivity contribution in [3.63, 3.8) is 0 Å². The summed E-state index contributed by atoms with van der Waals surface area (Å²) in [6.07, 6.45) is 3.21. The van der Waals surface area contributed by atoms with E-state index in [2.05, 4.69) is 55.0 Å². The molecule has 2 aliphatic rings. The summed E-state index contributed by atoms with van der Waals surface area (Å²) >= 11 is 2.13. The molecule has 0 radical (unpaired) electrons. The average molecular weight is 618 g/mol. The van der Waals surface area contributed by atoms with Gasteiger partial charge < -0.3 is 25.2 Å². The molecule has 0 saturated carbocycles. The van der Waals surface area contributed by atoms with Crippen molar-refractivity contribution < 1.29 is 13.9 Å². The Bertz CT molecular complexity index is 1280. The molecule has 10 nitrogen and oxygen atoms in total. The van der Waals surface area contributed by atoms with E-state index in [1.54, 1.807) is 0 Å². The number of hydrogen-bond acceptors (Lipinski definition) is 8. The third-order valence-electron chi connectivity index (χ3n) is 6.36. The summed E-state index contributed by atoms with van der Waals surface area (Å²) in [4.78, 5) is 34.1. The predicted molar refractivity (Wildman–Crippen MR) is 147 cm³/mol. The number of amides is 2. The Balaban J connectivity index is 1.49. The van der Waals surface area contributed by atoms with Crippen molar-refractivity contribution in [3.8, 4) is 11.4 Å². The molecule has 1 aromatic carbocycles. The number of morpholine rings is 1. The molecule has 2 unspecified atom stereocenters. The Kier molecular flexibility index (Phi) is 7.65. The highest BCUT2D eigenvalue weighted by atomic mass is 127. The molecule has 3 aromatic rings. The van der Waals surface area contributed by atoms with Crippen LogP contribution in [0.15, 0.2) is 36.8 Å². The molecular weight excluding hydrogens is 590 g/mol. The van der Waals surface area contributed by atoms with Gasteiger partial charge >= 0.3 is 6.03 Å². The van der Waals surface area contributed by atoms with Crippen LogP contribution in [0.3, 0.4) is 0 Å². The van der Waals surface area contributed by atoms with Crippen LogP contribution in [0.25, 0.3) is 11.4 Å². The highest BCUT2D eigenvalue weighted by molar-refractivity contribution is 14.1. The fraction of sp³-hybridized carbons (Fsp3) is 0.400. The van der Waals surface area contributed by atoms with Crippen molar-refractivity contribution in [2.45, 2.75) is 36.9 Å². The third-order valence-corrected chi connectivity index (χ3v) is 6.67. The maximum Gasteiger partial charge on any atom is 0.320 e. The van der Waals surface area contributed by atoms with E-state index in [4.69, 9.17) is 14.7 Å². The molecule has 2 amide bonds. The van der Waals surface area contributed by atoms with Crippen LogP contribution in [0.5, 0.6) is 0 Å². The van der Waals surface area contributed by atoms with Gasteiger partial charge in [0.2, 0.25) is 0 Å². The zero-order valence-corrected chi connectivity index (χ0v) is 22.8. The molecule has 0 bridgehead atoms. The van der Waals surface area contributed by atoms with Gasteiger partial charge in [0.1, 0.15) is 12.1 Å². The van der Waals surface area contributed by atoms with Gasteiger partial charge in [-0.05, 0) is 44.5 Å². The first-order valence-corrected chi connectivity index (χ1v) is 13.4. The molecule has 5 rings (SSSR count). The van der Waals surface area contributed by atoms with Crippen LogP contribution >= 0.6 is 22.6 Å². The summed E-state index contributed by atoms with van der Waals surface area (Å²) in [5, 5.41) is 5.63. The molecule has 2 aliphatic heterocycles. The van der Waals surface area contributed by atoms with E-state index in [0.717, 1.165) is 29.2 Å². The van der Waals surface area contributed by atoms with E-state index >= 15 is 0 Å². The summed E-state index contributed by atoms with van der Waals surface area (Å²) in [7, 11) is 0. The maximum atomic E-state index is 14.5. The lowest BCUT2D eigenvalue weighted by molar-refractivity contribution is 0.0984. The Morgan fingerprint density at radius 2 is 2.03 bits per heavy atom. The number of carbonyl (C=O) groups is 1. The highest BCUT2D eigenvalue weighted by Gasteiger charge is 2.30. The van der Waals surface area contributed by atoms with E-state index in [9.17, 15) is 9.18 Å². The van der Waals surface area contributed by atoms with E-state index in [1.165, 1.54) is 12.5 Å². The van der Waals surface area contributed by atoms with Crippen molar-refractivity contribution in [2.24, 2.45) is 0 Å². The van der Waals surface area contributed by atoms with Gasteiger partial charge in [0.25, 0.3) is 0 Å². The average Bonchev–Trinajstić information content (AvgIpc) is 2.88. The number of halogens is 2. The van der Waals surface area contributed by atoms with Crippen LogP contribution < -0.4 is 20.4 Å². The monoisotopic (exact) mass is 618 g/mol. The Morgan fingerprint density at radius 3 is 2.76 bits per heavy atom. The van der Waals surface area contributed by atoms with Crippen molar-refractivity contribution in [2.75, 3.05) is 41.4 Å². The molecule has 2 aromatic heterocycles. The number of carbonyl (C=O) groups excluding carboxylic acids is 1. The van der Waals surface area contributed by atoms with Gasteiger partial charge in [-0.25, -0.2) is 29.1 Å². The summed E-state index contributed by atoms with van der Waals surface area (Å²) in [6, 6.07) is 7.35. The maximum absolute atomic E-state index is 14.5. The lowest BCUT2D eigenvalue weighted by Crippen LogP contribution is -2.45. The summed E-state index contributed by atoms with van der Waals surface area (Å²) in [6.45, 7) is 7.04.